The number of hydrogen-bond acceptors (Lipinski definition) is 1. The van der Waals surface area contributed by atoms with Gasteiger partial charge in [-0.25, -0.2) is 0 Å². The molecule has 1 saturated carbocycles. The molecule has 11 heavy (non-hydrogen) atoms. The summed E-state index contributed by atoms with van der Waals surface area (Å²) >= 11 is 0. The van der Waals surface area contributed by atoms with Crippen LogP contribution in [0.2, 0.25) is 0 Å². The Morgan fingerprint density at radius 3 is 2.09 bits per heavy atom. The van der Waals surface area contributed by atoms with Crippen LogP contribution in [-0.4, -0.2) is 5.78 Å². The summed E-state index contributed by atoms with van der Waals surface area (Å²) < 4.78 is 0. The molecule has 0 saturated heterocycles. The second-order valence-electron chi connectivity index (χ2n) is 3.60. The van der Waals surface area contributed by atoms with Crippen molar-refractivity contribution >= 4 is 5.78 Å². The Kier molecular flexibility index (Phi) is 2.36. The van der Waals surface area contributed by atoms with E-state index in [-0.39, 0.29) is 5.41 Å². The van der Waals surface area contributed by atoms with Crippen molar-refractivity contribution in [3.63, 3.8) is 0 Å². The van der Waals surface area contributed by atoms with Gasteiger partial charge in [0.1, 0.15) is 5.78 Å². The number of carbonyl (C=O) groups is 1. The fourth-order valence-electron chi connectivity index (χ4n) is 2.48. The minimum atomic E-state index is 0.0920. The summed E-state index contributed by atoms with van der Waals surface area (Å²) in [5, 5.41) is 0. The molecule has 1 heteroatoms. The second-order valence-corrected chi connectivity index (χ2v) is 3.60. The Hall–Kier alpha value is -0.330. The van der Waals surface area contributed by atoms with Crippen molar-refractivity contribution in [3.8, 4) is 0 Å². The van der Waals surface area contributed by atoms with Crippen LogP contribution >= 0.6 is 0 Å². The number of ketones is 1. The van der Waals surface area contributed by atoms with E-state index in [2.05, 4.69) is 20.8 Å². The first-order valence-corrected chi connectivity index (χ1v) is 4.74. The number of carbonyl (C=O) groups excluding carboxylic acids is 1. The van der Waals surface area contributed by atoms with Gasteiger partial charge in [0.15, 0.2) is 0 Å². The van der Waals surface area contributed by atoms with Gasteiger partial charge in [-0.15, -0.1) is 0 Å². The van der Waals surface area contributed by atoms with E-state index in [4.69, 9.17) is 0 Å². The van der Waals surface area contributed by atoms with Gasteiger partial charge in [0.05, 0.1) is 0 Å². The van der Waals surface area contributed by atoms with Gasteiger partial charge in [0.2, 0.25) is 0 Å². The van der Waals surface area contributed by atoms with Crippen LogP contribution < -0.4 is 0 Å². The lowest BCUT2D eigenvalue weighted by Crippen LogP contribution is -2.48. The zero-order chi connectivity index (χ0) is 8.48. The molecule has 64 valence electrons. The average molecular weight is 154 g/mol. The van der Waals surface area contributed by atoms with E-state index in [0.29, 0.717) is 11.7 Å². The number of Topliss-reactive ketones (excluding diaryl/α,β-unsaturated/α-hetero) is 1. The highest BCUT2D eigenvalue weighted by Gasteiger charge is 2.50. The summed E-state index contributed by atoms with van der Waals surface area (Å²) in [5.74, 6) is 1.19. The molecule has 0 radical (unpaired) electrons. The van der Waals surface area contributed by atoms with Crippen LogP contribution in [-0.2, 0) is 4.79 Å². The van der Waals surface area contributed by atoms with E-state index < -0.39 is 0 Å². The zero-order valence-electron chi connectivity index (χ0n) is 7.81. The molecule has 0 bridgehead atoms. The maximum absolute atomic E-state index is 11.4. The SMILES string of the molecule is CCC1CC(=O)C1(CC)CC. The molecule has 1 nitrogen and oxygen atoms in total. The third-order valence-electron chi connectivity index (χ3n) is 3.52. The molecule has 0 aliphatic heterocycles. The van der Waals surface area contributed by atoms with E-state index in [0.717, 1.165) is 19.3 Å². The quantitative estimate of drug-likeness (QED) is 0.611. The van der Waals surface area contributed by atoms with Crippen LogP contribution in [0.4, 0.5) is 0 Å². The minimum absolute atomic E-state index is 0.0920. The van der Waals surface area contributed by atoms with E-state index in [9.17, 15) is 4.79 Å². The van der Waals surface area contributed by atoms with E-state index in [1.54, 1.807) is 0 Å². The third-order valence-corrected chi connectivity index (χ3v) is 3.52. The molecular weight excluding hydrogens is 136 g/mol. The highest BCUT2D eigenvalue weighted by molar-refractivity contribution is 5.91. The number of hydrogen-bond donors (Lipinski definition) is 0. The molecule has 0 heterocycles. The smallest absolute Gasteiger partial charge is 0.139 e. The normalized spacial score (nSPS) is 28.3. The van der Waals surface area contributed by atoms with Crippen LogP contribution in [0.1, 0.15) is 46.5 Å². The Morgan fingerprint density at radius 2 is 1.91 bits per heavy atom. The molecule has 1 unspecified atom stereocenters. The molecule has 0 N–H and O–H groups in total. The highest BCUT2D eigenvalue weighted by Crippen LogP contribution is 2.50. The molecule has 0 aromatic heterocycles. The molecule has 1 atom stereocenters. The summed E-state index contributed by atoms with van der Waals surface area (Å²) in [6.07, 6.45) is 4.10. The first-order chi connectivity index (χ1) is 5.21. The monoisotopic (exact) mass is 154 g/mol. The second kappa shape index (κ2) is 2.96. The molecule has 1 fully saturated rings. The molecule has 1 rings (SSSR count). The van der Waals surface area contributed by atoms with Crippen molar-refractivity contribution < 1.29 is 4.79 Å². The Bertz CT molecular complexity index is 156. The fraction of sp³-hybridized carbons (Fsp3) is 0.900. The summed E-state index contributed by atoms with van der Waals surface area (Å²) in [5.41, 5.74) is 0.0920. The van der Waals surface area contributed by atoms with Crippen LogP contribution in [0.3, 0.4) is 0 Å². The minimum Gasteiger partial charge on any atom is -0.299 e. The van der Waals surface area contributed by atoms with Gasteiger partial charge >= 0.3 is 0 Å². The third kappa shape index (κ3) is 1.02. The van der Waals surface area contributed by atoms with Crippen molar-refractivity contribution in [1.29, 1.82) is 0 Å². The molecule has 1 aliphatic rings. The maximum Gasteiger partial charge on any atom is 0.139 e. The Balaban J connectivity index is 2.70. The van der Waals surface area contributed by atoms with Gasteiger partial charge in [0, 0.05) is 11.8 Å². The standard InChI is InChI=1S/C10H18O/c1-4-8-7-9(11)10(8,5-2)6-3/h8H,4-7H2,1-3H3. The van der Waals surface area contributed by atoms with Crippen molar-refractivity contribution in [2.45, 2.75) is 46.5 Å². The molecule has 1 aliphatic carbocycles. The summed E-state index contributed by atoms with van der Waals surface area (Å²) in [4.78, 5) is 11.4. The predicted molar refractivity (Wildman–Crippen MR) is 46.4 cm³/mol. The molecule has 0 amide bonds. The van der Waals surface area contributed by atoms with Crippen LogP contribution in [0.15, 0.2) is 0 Å². The van der Waals surface area contributed by atoms with Gasteiger partial charge < -0.3 is 0 Å². The van der Waals surface area contributed by atoms with Gasteiger partial charge in [-0.1, -0.05) is 27.2 Å². The van der Waals surface area contributed by atoms with E-state index in [1.807, 2.05) is 0 Å². The number of rotatable bonds is 3. The molecule has 0 aromatic rings. The Morgan fingerprint density at radius 1 is 1.36 bits per heavy atom. The first-order valence-electron chi connectivity index (χ1n) is 4.74. The van der Waals surface area contributed by atoms with Crippen molar-refractivity contribution in [1.82, 2.24) is 0 Å². The largest absolute Gasteiger partial charge is 0.299 e. The molecule has 0 aromatic carbocycles. The van der Waals surface area contributed by atoms with Gasteiger partial charge in [-0.2, -0.15) is 0 Å². The molecular formula is C10H18O. The zero-order valence-corrected chi connectivity index (χ0v) is 7.81. The maximum atomic E-state index is 11.4. The lowest BCUT2D eigenvalue weighted by atomic mass is 9.55. The summed E-state index contributed by atoms with van der Waals surface area (Å²) in [6.45, 7) is 6.48. The van der Waals surface area contributed by atoms with Crippen LogP contribution in [0.25, 0.3) is 0 Å². The first kappa shape index (κ1) is 8.76. The lowest BCUT2D eigenvalue weighted by molar-refractivity contribution is -0.147. The van der Waals surface area contributed by atoms with Gasteiger partial charge in [-0.3, -0.25) is 4.79 Å². The van der Waals surface area contributed by atoms with Crippen molar-refractivity contribution in [2.24, 2.45) is 11.3 Å². The lowest BCUT2D eigenvalue weighted by Gasteiger charge is -2.47. The van der Waals surface area contributed by atoms with Gasteiger partial charge in [0.25, 0.3) is 0 Å². The van der Waals surface area contributed by atoms with Crippen LogP contribution in [0, 0.1) is 11.3 Å². The summed E-state index contributed by atoms with van der Waals surface area (Å²) in [6, 6.07) is 0. The fourth-order valence-corrected chi connectivity index (χ4v) is 2.48. The topological polar surface area (TPSA) is 17.1 Å². The average Bonchev–Trinajstić information content (AvgIpc) is 2.02. The van der Waals surface area contributed by atoms with Crippen molar-refractivity contribution in [2.75, 3.05) is 0 Å². The van der Waals surface area contributed by atoms with Crippen LogP contribution in [0.5, 0.6) is 0 Å². The predicted octanol–water partition coefficient (Wildman–Crippen LogP) is 2.79. The Labute approximate surface area is 69.2 Å². The highest BCUT2D eigenvalue weighted by atomic mass is 16.1. The van der Waals surface area contributed by atoms with Gasteiger partial charge in [-0.05, 0) is 18.8 Å². The van der Waals surface area contributed by atoms with E-state index in [1.165, 1.54) is 6.42 Å². The summed E-state index contributed by atoms with van der Waals surface area (Å²) in [7, 11) is 0. The molecule has 0 spiro atoms. The van der Waals surface area contributed by atoms with E-state index >= 15 is 0 Å². The van der Waals surface area contributed by atoms with Crippen molar-refractivity contribution in [3.05, 3.63) is 0 Å².